The first kappa shape index (κ1) is 21.1. The molecule has 1 aliphatic heterocycles. The van der Waals surface area contributed by atoms with Crippen LogP contribution in [0.5, 0.6) is 5.75 Å². The van der Waals surface area contributed by atoms with E-state index in [9.17, 15) is 9.90 Å². The number of carbonyl (C=O) groups is 1. The second-order valence-electron chi connectivity index (χ2n) is 8.25. The van der Waals surface area contributed by atoms with Crippen LogP contribution in [0.3, 0.4) is 0 Å². The molecule has 4 nitrogen and oxygen atoms in total. The number of amides is 1. The van der Waals surface area contributed by atoms with Crippen LogP contribution < -0.4 is 5.32 Å². The summed E-state index contributed by atoms with van der Waals surface area (Å²) >= 11 is 0. The summed E-state index contributed by atoms with van der Waals surface area (Å²) in [5, 5.41) is 14.0. The van der Waals surface area contributed by atoms with Gasteiger partial charge >= 0.3 is 0 Å². The molecule has 0 radical (unpaired) electrons. The molecule has 3 aromatic rings. The molecule has 31 heavy (non-hydrogen) atoms. The van der Waals surface area contributed by atoms with Crippen molar-refractivity contribution in [1.82, 2.24) is 10.2 Å². The molecule has 1 saturated heterocycles. The molecule has 0 saturated carbocycles. The maximum absolute atomic E-state index is 11.8. The standard InChI is InChI=1S/C27H30N2O2/c30-26-10-5-4-9-24(26)25(17-16-21-7-2-1-3-8-21)28-19-22-12-14-23(15-13-22)20-29-18-6-11-27(29)31/h1-5,7-10,12-15,25,28,30H,6,11,16-20H2/t25-/m1/s1. The Morgan fingerprint density at radius 2 is 1.58 bits per heavy atom. The van der Waals surface area contributed by atoms with Crippen molar-refractivity contribution < 1.29 is 9.90 Å². The number of aromatic hydroxyl groups is 1. The number of nitrogens with zero attached hydrogens (tertiary/aromatic N) is 1. The van der Waals surface area contributed by atoms with Crippen molar-refractivity contribution in [3.05, 3.63) is 101 Å². The van der Waals surface area contributed by atoms with E-state index in [-0.39, 0.29) is 11.9 Å². The van der Waals surface area contributed by atoms with E-state index in [0.717, 1.165) is 37.9 Å². The van der Waals surface area contributed by atoms with Crippen LogP contribution in [0.1, 0.15) is 47.6 Å². The third-order valence-electron chi connectivity index (χ3n) is 6.00. The quantitative estimate of drug-likeness (QED) is 0.519. The van der Waals surface area contributed by atoms with Gasteiger partial charge in [-0.3, -0.25) is 4.79 Å². The Bertz CT molecular complexity index is 986. The molecule has 0 aliphatic carbocycles. The van der Waals surface area contributed by atoms with Gasteiger partial charge in [0, 0.05) is 37.7 Å². The second kappa shape index (κ2) is 10.3. The van der Waals surface area contributed by atoms with Crippen molar-refractivity contribution in [1.29, 1.82) is 0 Å². The summed E-state index contributed by atoms with van der Waals surface area (Å²) in [6.45, 7) is 2.28. The average Bonchev–Trinajstić information content (AvgIpc) is 3.20. The highest BCUT2D eigenvalue weighted by molar-refractivity contribution is 5.78. The molecule has 4 rings (SSSR count). The molecular formula is C27H30N2O2. The zero-order valence-electron chi connectivity index (χ0n) is 17.8. The molecule has 0 aromatic heterocycles. The van der Waals surface area contributed by atoms with Crippen molar-refractivity contribution in [3.8, 4) is 5.75 Å². The molecule has 1 amide bonds. The number of hydrogen-bond donors (Lipinski definition) is 2. The number of aryl methyl sites for hydroxylation is 1. The topological polar surface area (TPSA) is 52.6 Å². The SMILES string of the molecule is O=C1CCCN1Cc1ccc(CN[C@H](CCc2ccccc2)c2ccccc2O)cc1. The predicted octanol–water partition coefficient (Wildman–Crippen LogP) is 4.98. The van der Waals surface area contributed by atoms with Crippen LogP contribution >= 0.6 is 0 Å². The summed E-state index contributed by atoms with van der Waals surface area (Å²) < 4.78 is 0. The van der Waals surface area contributed by atoms with Crippen molar-refractivity contribution in [2.24, 2.45) is 0 Å². The molecule has 0 spiro atoms. The molecule has 0 unspecified atom stereocenters. The maximum Gasteiger partial charge on any atom is 0.222 e. The minimum Gasteiger partial charge on any atom is -0.508 e. The van der Waals surface area contributed by atoms with Gasteiger partial charge in [-0.2, -0.15) is 0 Å². The van der Waals surface area contributed by atoms with Crippen molar-refractivity contribution >= 4 is 5.91 Å². The van der Waals surface area contributed by atoms with Gasteiger partial charge in [0.2, 0.25) is 5.91 Å². The third kappa shape index (κ3) is 5.74. The lowest BCUT2D eigenvalue weighted by Gasteiger charge is -2.21. The largest absolute Gasteiger partial charge is 0.508 e. The predicted molar refractivity (Wildman–Crippen MR) is 124 cm³/mol. The number of benzene rings is 3. The van der Waals surface area contributed by atoms with Gasteiger partial charge in [0.1, 0.15) is 5.75 Å². The number of likely N-dealkylation sites (tertiary alicyclic amines) is 1. The van der Waals surface area contributed by atoms with E-state index in [2.05, 4.69) is 53.8 Å². The molecule has 0 bridgehead atoms. The van der Waals surface area contributed by atoms with Gasteiger partial charge < -0.3 is 15.3 Å². The van der Waals surface area contributed by atoms with Crippen molar-refractivity contribution in [3.63, 3.8) is 0 Å². The zero-order valence-corrected chi connectivity index (χ0v) is 17.8. The highest BCUT2D eigenvalue weighted by Gasteiger charge is 2.20. The van der Waals surface area contributed by atoms with E-state index in [0.29, 0.717) is 18.7 Å². The first-order valence-corrected chi connectivity index (χ1v) is 11.1. The summed E-state index contributed by atoms with van der Waals surface area (Å²) in [5.41, 5.74) is 4.59. The van der Waals surface area contributed by atoms with Crippen LogP contribution in [0.4, 0.5) is 0 Å². The van der Waals surface area contributed by atoms with Gasteiger partial charge in [-0.15, -0.1) is 0 Å². The fourth-order valence-electron chi connectivity index (χ4n) is 4.20. The Labute approximate surface area is 184 Å². The Hall–Kier alpha value is -3.11. The summed E-state index contributed by atoms with van der Waals surface area (Å²) in [5.74, 6) is 0.591. The minimum atomic E-state index is 0.0586. The molecular weight excluding hydrogens is 384 g/mol. The van der Waals surface area contributed by atoms with Gasteiger partial charge in [0.15, 0.2) is 0 Å². The van der Waals surface area contributed by atoms with E-state index in [1.807, 2.05) is 29.2 Å². The minimum absolute atomic E-state index is 0.0586. The molecule has 1 aliphatic rings. The van der Waals surface area contributed by atoms with E-state index < -0.39 is 0 Å². The summed E-state index contributed by atoms with van der Waals surface area (Å²) in [6, 6.07) is 26.6. The number of para-hydroxylation sites is 1. The van der Waals surface area contributed by atoms with Gasteiger partial charge in [-0.25, -0.2) is 0 Å². The number of hydrogen-bond acceptors (Lipinski definition) is 3. The first-order chi connectivity index (χ1) is 15.2. The monoisotopic (exact) mass is 414 g/mol. The zero-order chi connectivity index (χ0) is 21.5. The van der Waals surface area contributed by atoms with Gasteiger partial charge in [-0.05, 0) is 42.0 Å². The van der Waals surface area contributed by atoms with E-state index >= 15 is 0 Å². The molecule has 2 N–H and O–H groups in total. The lowest BCUT2D eigenvalue weighted by Crippen LogP contribution is -2.24. The highest BCUT2D eigenvalue weighted by atomic mass is 16.3. The van der Waals surface area contributed by atoms with Crippen molar-refractivity contribution in [2.45, 2.75) is 44.8 Å². The number of carbonyl (C=O) groups excluding carboxylic acids is 1. The normalized spacial score (nSPS) is 14.7. The van der Waals surface area contributed by atoms with Crippen LogP contribution in [0, 0.1) is 0 Å². The van der Waals surface area contributed by atoms with E-state index in [1.54, 1.807) is 6.07 Å². The highest BCUT2D eigenvalue weighted by Crippen LogP contribution is 2.27. The fourth-order valence-corrected chi connectivity index (χ4v) is 4.20. The molecule has 1 atom stereocenters. The Morgan fingerprint density at radius 3 is 2.29 bits per heavy atom. The molecule has 3 aromatic carbocycles. The molecule has 1 fully saturated rings. The second-order valence-corrected chi connectivity index (χ2v) is 8.25. The smallest absolute Gasteiger partial charge is 0.222 e. The number of phenols is 1. The number of nitrogens with one attached hydrogen (secondary N) is 1. The van der Waals surface area contributed by atoms with Crippen LogP contribution in [-0.2, 0) is 24.3 Å². The summed E-state index contributed by atoms with van der Waals surface area (Å²) in [4.78, 5) is 13.8. The first-order valence-electron chi connectivity index (χ1n) is 11.1. The van der Waals surface area contributed by atoms with Crippen molar-refractivity contribution in [2.75, 3.05) is 6.54 Å². The van der Waals surface area contributed by atoms with Crippen LogP contribution in [0.2, 0.25) is 0 Å². The average molecular weight is 415 g/mol. The van der Waals surface area contributed by atoms with E-state index in [1.165, 1.54) is 16.7 Å². The third-order valence-corrected chi connectivity index (χ3v) is 6.00. The number of rotatable bonds is 9. The van der Waals surface area contributed by atoms with Crippen LogP contribution in [0.25, 0.3) is 0 Å². The Balaban J connectivity index is 1.39. The Morgan fingerprint density at radius 1 is 0.871 bits per heavy atom. The van der Waals surface area contributed by atoms with Gasteiger partial charge in [0.25, 0.3) is 0 Å². The van der Waals surface area contributed by atoms with Gasteiger partial charge in [-0.1, -0.05) is 72.8 Å². The van der Waals surface area contributed by atoms with Gasteiger partial charge in [0.05, 0.1) is 0 Å². The molecule has 160 valence electrons. The summed E-state index contributed by atoms with van der Waals surface area (Å²) in [6.07, 6.45) is 3.49. The lowest BCUT2D eigenvalue weighted by molar-refractivity contribution is -0.128. The van der Waals surface area contributed by atoms with Crippen LogP contribution in [-0.4, -0.2) is 22.5 Å². The lowest BCUT2D eigenvalue weighted by atomic mass is 9.97. The fraction of sp³-hybridized carbons (Fsp3) is 0.296. The summed E-state index contributed by atoms with van der Waals surface area (Å²) in [7, 11) is 0. The van der Waals surface area contributed by atoms with E-state index in [4.69, 9.17) is 0 Å². The molecule has 4 heteroatoms. The Kier molecular flexibility index (Phi) is 7.00. The van der Waals surface area contributed by atoms with Crippen LogP contribution in [0.15, 0.2) is 78.9 Å². The molecule has 1 heterocycles. The number of phenolic OH excluding ortho intramolecular Hbond substituents is 1. The maximum atomic E-state index is 11.8.